The minimum atomic E-state index is -0.970. The Balaban J connectivity index is 1.70. The van der Waals surface area contributed by atoms with Gasteiger partial charge in [-0.1, -0.05) is 17.7 Å². The standard InChI is InChI=1S/C24H37N3O4/c1-18(2)9-10-21-20(8-5-13-25-21)7-4-3-6-19-12-15-27(17-19)23(29)16-22(28)26-14-11-24(30)31/h4,7,19,25H,1,3,5-6,8-17H2,2H3,(H,26,28)(H,30,31)/b7-4-. The Morgan fingerprint density at radius 3 is 2.87 bits per heavy atom. The van der Waals surface area contributed by atoms with Crippen molar-refractivity contribution < 1.29 is 19.5 Å². The van der Waals surface area contributed by atoms with Crippen molar-refractivity contribution in [1.29, 1.82) is 0 Å². The lowest BCUT2D eigenvalue weighted by Gasteiger charge is -2.20. The molecule has 1 fully saturated rings. The molecule has 0 bridgehead atoms. The molecule has 0 spiro atoms. The van der Waals surface area contributed by atoms with Crippen molar-refractivity contribution >= 4 is 17.8 Å². The fourth-order valence-corrected chi connectivity index (χ4v) is 4.03. The van der Waals surface area contributed by atoms with Crippen LogP contribution in [0, 0.1) is 5.92 Å². The van der Waals surface area contributed by atoms with Gasteiger partial charge in [-0.25, -0.2) is 0 Å². The van der Waals surface area contributed by atoms with Crippen LogP contribution in [-0.4, -0.2) is 54.0 Å². The van der Waals surface area contributed by atoms with Gasteiger partial charge >= 0.3 is 5.97 Å². The highest BCUT2D eigenvalue weighted by atomic mass is 16.4. The van der Waals surface area contributed by atoms with Gasteiger partial charge in [0, 0.05) is 31.9 Å². The van der Waals surface area contributed by atoms with Crippen molar-refractivity contribution in [2.75, 3.05) is 26.2 Å². The van der Waals surface area contributed by atoms with Gasteiger partial charge in [-0.05, 0) is 63.4 Å². The number of allylic oxidation sites excluding steroid dienone is 5. The largest absolute Gasteiger partial charge is 0.481 e. The summed E-state index contributed by atoms with van der Waals surface area (Å²) in [4.78, 5) is 36.3. The Morgan fingerprint density at radius 1 is 1.32 bits per heavy atom. The third kappa shape index (κ3) is 9.40. The summed E-state index contributed by atoms with van der Waals surface area (Å²) >= 11 is 0. The molecule has 0 aromatic rings. The Morgan fingerprint density at radius 2 is 2.13 bits per heavy atom. The van der Waals surface area contributed by atoms with Crippen LogP contribution in [0.25, 0.3) is 0 Å². The van der Waals surface area contributed by atoms with E-state index in [9.17, 15) is 14.4 Å². The van der Waals surface area contributed by atoms with E-state index in [1.807, 2.05) is 0 Å². The summed E-state index contributed by atoms with van der Waals surface area (Å²) in [5.74, 6) is -1.09. The summed E-state index contributed by atoms with van der Waals surface area (Å²) in [6.45, 7) is 8.56. The topological polar surface area (TPSA) is 98.7 Å². The molecular formula is C24H37N3O4. The number of hydrogen-bond acceptors (Lipinski definition) is 4. The maximum atomic E-state index is 12.3. The molecule has 172 valence electrons. The smallest absolute Gasteiger partial charge is 0.305 e. The fraction of sp³-hybridized carbons (Fsp3) is 0.625. The highest BCUT2D eigenvalue weighted by molar-refractivity contribution is 5.97. The first-order valence-corrected chi connectivity index (χ1v) is 11.4. The molecule has 0 radical (unpaired) electrons. The van der Waals surface area contributed by atoms with Gasteiger partial charge in [-0.2, -0.15) is 0 Å². The number of carbonyl (C=O) groups is 3. The zero-order valence-corrected chi connectivity index (χ0v) is 18.8. The second-order valence-electron chi connectivity index (χ2n) is 8.64. The number of carboxylic acids is 1. The van der Waals surface area contributed by atoms with Gasteiger partial charge < -0.3 is 20.6 Å². The average Bonchev–Trinajstić information content (AvgIpc) is 3.19. The molecule has 1 saturated heterocycles. The molecule has 2 amide bonds. The second-order valence-corrected chi connectivity index (χ2v) is 8.64. The van der Waals surface area contributed by atoms with Crippen molar-refractivity contribution in [3.8, 4) is 0 Å². The minimum Gasteiger partial charge on any atom is -0.481 e. The predicted octanol–water partition coefficient (Wildman–Crippen LogP) is 3.15. The summed E-state index contributed by atoms with van der Waals surface area (Å²) in [5.41, 5.74) is 3.97. The van der Waals surface area contributed by atoms with Gasteiger partial charge in [0.05, 0.1) is 6.42 Å². The van der Waals surface area contributed by atoms with Crippen molar-refractivity contribution in [1.82, 2.24) is 15.5 Å². The predicted molar refractivity (Wildman–Crippen MR) is 121 cm³/mol. The zero-order chi connectivity index (χ0) is 22.6. The molecule has 31 heavy (non-hydrogen) atoms. The van der Waals surface area contributed by atoms with Crippen LogP contribution in [-0.2, 0) is 14.4 Å². The van der Waals surface area contributed by atoms with Crippen LogP contribution in [0.4, 0.5) is 0 Å². The maximum absolute atomic E-state index is 12.3. The number of carbonyl (C=O) groups excluding carboxylic acids is 2. The SMILES string of the molecule is C=C(C)CCC1=C(/C=C\CCC2CCN(C(=O)CC(=O)NCCC(=O)O)C2)CCCN1. The van der Waals surface area contributed by atoms with Gasteiger partial charge in [0.2, 0.25) is 11.8 Å². The third-order valence-electron chi connectivity index (χ3n) is 5.82. The number of aliphatic carboxylic acids is 1. The summed E-state index contributed by atoms with van der Waals surface area (Å²) < 4.78 is 0. The second kappa shape index (κ2) is 13.0. The summed E-state index contributed by atoms with van der Waals surface area (Å²) in [7, 11) is 0. The van der Waals surface area contributed by atoms with E-state index in [1.54, 1.807) is 4.90 Å². The van der Waals surface area contributed by atoms with Crippen molar-refractivity contribution in [2.45, 2.75) is 64.7 Å². The molecule has 3 N–H and O–H groups in total. The quantitative estimate of drug-likeness (QED) is 0.326. The van der Waals surface area contributed by atoms with Crippen LogP contribution in [0.3, 0.4) is 0 Å². The molecule has 1 unspecified atom stereocenters. The molecule has 2 aliphatic rings. The van der Waals surface area contributed by atoms with Crippen LogP contribution < -0.4 is 10.6 Å². The first kappa shape index (κ1) is 24.7. The molecule has 7 heteroatoms. The van der Waals surface area contributed by atoms with Crippen LogP contribution >= 0.6 is 0 Å². The molecular weight excluding hydrogens is 394 g/mol. The number of nitrogens with one attached hydrogen (secondary N) is 2. The minimum absolute atomic E-state index is 0.0528. The number of hydrogen-bond donors (Lipinski definition) is 3. The van der Waals surface area contributed by atoms with E-state index in [1.165, 1.54) is 23.3 Å². The average molecular weight is 432 g/mol. The fourth-order valence-electron chi connectivity index (χ4n) is 4.03. The van der Waals surface area contributed by atoms with Gasteiger partial charge in [0.1, 0.15) is 6.42 Å². The lowest BCUT2D eigenvalue weighted by atomic mass is 9.98. The van der Waals surface area contributed by atoms with E-state index >= 15 is 0 Å². The van der Waals surface area contributed by atoms with E-state index in [2.05, 4.69) is 36.3 Å². The molecule has 1 atom stereocenters. The number of amides is 2. The molecule has 7 nitrogen and oxygen atoms in total. The monoisotopic (exact) mass is 431 g/mol. The molecule has 0 aromatic carbocycles. The van der Waals surface area contributed by atoms with Crippen LogP contribution in [0.15, 0.2) is 35.6 Å². The Bertz CT molecular complexity index is 726. The van der Waals surface area contributed by atoms with Crippen LogP contribution in [0.2, 0.25) is 0 Å². The summed E-state index contributed by atoms with van der Waals surface area (Å²) in [5, 5.41) is 14.6. The lowest BCUT2D eigenvalue weighted by molar-refractivity contribution is -0.136. The summed E-state index contributed by atoms with van der Waals surface area (Å²) in [6.07, 6.45) is 11.5. The highest BCUT2D eigenvalue weighted by Gasteiger charge is 2.26. The lowest BCUT2D eigenvalue weighted by Crippen LogP contribution is -2.35. The number of likely N-dealkylation sites (tertiary alicyclic amines) is 1. The van der Waals surface area contributed by atoms with E-state index in [0.717, 1.165) is 45.1 Å². The summed E-state index contributed by atoms with van der Waals surface area (Å²) in [6, 6.07) is 0. The molecule has 2 aliphatic heterocycles. The molecule has 0 saturated carbocycles. The van der Waals surface area contributed by atoms with Crippen LogP contribution in [0.5, 0.6) is 0 Å². The number of rotatable bonds is 12. The number of carboxylic acid groups (broad SMARTS) is 1. The maximum Gasteiger partial charge on any atom is 0.305 e. The molecule has 2 rings (SSSR count). The van der Waals surface area contributed by atoms with Gasteiger partial charge in [-0.3, -0.25) is 14.4 Å². The van der Waals surface area contributed by atoms with Gasteiger partial charge in [-0.15, -0.1) is 6.58 Å². The highest BCUT2D eigenvalue weighted by Crippen LogP contribution is 2.24. The van der Waals surface area contributed by atoms with Crippen molar-refractivity contribution in [3.63, 3.8) is 0 Å². The normalized spacial score (nSPS) is 18.9. The van der Waals surface area contributed by atoms with Crippen molar-refractivity contribution in [3.05, 3.63) is 35.6 Å². The first-order chi connectivity index (χ1) is 14.8. The van der Waals surface area contributed by atoms with Gasteiger partial charge in [0.15, 0.2) is 0 Å². The molecule has 2 heterocycles. The third-order valence-corrected chi connectivity index (χ3v) is 5.82. The van der Waals surface area contributed by atoms with Gasteiger partial charge in [0.25, 0.3) is 0 Å². The van der Waals surface area contributed by atoms with Crippen LogP contribution in [0.1, 0.15) is 64.7 Å². The molecule has 0 aliphatic carbocycles. The van der Waals surface area contributed by atoms with E-state index in [4.69, 9.17) is 5.11 Å². The van der Waals surface area contributed by atoms with E-state index < -0.39 is 11.9 Å². The first-order valence-electron chi connectivity index (χ1n) is 11.4. The zero-order valence-electron chi connectivity index (χ0n) is 18.8. The van der Waals surface area contributed by atoms with E-state index in [0.29, 0.717) is 19.0 Å². The number of nitrogens with zero attached hydrogens (tertiary/aromatic N) is 1. The Hall–Kier alpha value is -2.57. The Labute approximate surface area is 185 Å². The Kier molecular flexibility index (Phi) is 10.3. The van der Waals surface area contributed by atoms with E-state index in [-0.39, 0.29) is 25.3 Å². The van der Waals surface area contributed by atoms with Crippen molar-refractivity contribution in [2.24, 2.45) is 5.92 Å². The molecule has 0 aromatic heterocycles.